The maximum atomic E-state index is 14.7. The number of nitrogen functional groups attached to an aromatic ring is 1. The summed E-state index contributed by atoms with van der Waals surface area (Å²) in [4.78, 5) is 37.9. The number of hydrogen-bond donors (Lipinski definition) is 1. The highest BCUT2D eigenvalue weighted by Crippen LogP contribution is 2.28. The number of nitrogens with zero attached hydrogens (tertiary/aromatic N) is 6. The molecule has 9 nitrogen and oxygen atoms in total. The third kappa shape index (κ3) is 3.98. The molecule has 2 N–H and O–H groups in total. The fourth-order valence-corrected chi connectivity index (χ4v) is 4.06. The van der Waals surface area contributed by atoms with Gasteiger partial charge < -0.3 is 15.5 Å². The number of nitrogens with two attached hydrogens (primary N) is 1. The lowest BCUT2D eigenvalue weighted by atomic mass is 10.2. The maximum Gasteiger partial charge on any atom is 0.335 e. The molecular weight excluding hydrogens is 437 g/mol. The van der Waals surface area contributed by atoms with Gasteiger partial charge >= 0.3 is 5.69 Å². The molecule has 2 aromatic heterocycles. The second-order valence-electron chi connectivity index (χ2n) is 7.91. The first-order valence-corrected chi connectivity index (χ1v) is 10.4. The first-order chi connectivity index (χ1) is 15.3. The fourth-order valence-electron chi connectivity index (χ4n) is 3.91. The van der Waals surface area contributed by atoms with Gasteiger partial charge in [0.15, 0.2) is 11.5 Å². The summed E-state index contributed by atoms with van der Waals surface area (Å²) in [7, 11) is 3.83. The van der Waals surface area contributed by atoms with Gasteiger partial charge in [-0.1, -0.05) is 17.7 Å². The number of rotatable bonds is 5. The van der Waals surface area contributed by atoms with Gasteiger partial charge in [0.2, 0.25) is 5.91 Å². The molecule has 0 aliphatic carbocycles. The molecule has 1 amide bonds. The standard InChI is InChI=1S/C21H23ClFN7O2/c1-27(2)8-3-4-17(31)28-9-7-14(11-28)29-20-18(19(24)25-12-26-20)30(21(29)32)16-6-5-13(22)10-15(16)23/h3-6,10,12,14H,7-9,11H2,1-2H3,(H2,24,25,26)/b4-3+. The molecule has 3 heterocycles. The number of likely N-dealkylation sites (N-methyl/N-ethyl adjacent to an activating group) is 1. The molecule has 1 unspecified atom stereocenters. The van der Waals surface area contributed by atoms with Crippen molar-refractivity contribution in [3.8, 4) is 5.69 Å². The predicted molar refractivity (Wildman–Crippen MR) is 120 cm³/mol. The third-order valence-corrected chi connectivity index (χ3v) is 5.64. The Hall–Kier alpha value is -3.24. The molecular formula is C21H23ClFN7O2. The summed E-state index contributed by atoms with van der Waals surface area (Å²) in [6.45, 7) is 1.47. The number of hydrogen-bond acceptors (Lipinski definition) is 6. The van der Waals surface area contributed by atoms with E-state index in [1.165, 1.54) is 29.1 Å². The molecule has 3 aromatic rings. The van der Waals surface area contributed by atoms with Crippen LogP contribution >= 0.6 is 11.6 Å². The highest BCUT2D eigenvalue weighted by Gasteiger charge is 2.31. The highest BCUT2D eigenvalue weighted by atomic mass is 35.5. The van der Waals surface area contributed by atoms with Crippen molar-refractivity contribution < 1.29 is 9.18 Å². The number of fused-ring (bicyclic) bond motifs is 1. The van der Waals surface area contributed by atoms with Crippen molar-refractivity contribution >= 4 is 34.5 Å². The Bertz CT molecular complexity index is 1270. The van der Waals surface area contributed by atoms with Gasteiger partial charge in [-0.05, 0) is 38.7 Å². The molecule has 1 saturated heterocycles. The van der Waals surface area contributed by atoms with Gasteiger partial charge in [0, 0.05) is 30.7 Å². The van der Waals surface area contributed by atoms with Crippen LogP contribution in [0.1, 0.15) is 12.5 Å². The summed E-state index contributed by atoms with van der Waals surface area (Å²) in [5.41, 5.74) is 6.07. The number of likely N-dealkylation sites (tertiary alicyclic amines) is 1. The number of carbonyl (C=O) groups is 1. The SMILES string of the molecule is CN(C)C/C=C/C(=O)N1CCC(n2c(=O)n(-c3ccc(Cl)cc3F)c3c(N)ncnc32)C1. The zero-order valence-corrected chi connectivity index (χ0v) is 18.5. The van der Waals surface area contributed by atoms with E-state index in [0.29, 0.717) is 31.7 Å². The first-order valence-electron chi connectivity index (χ1n) is 10.1. The molecule has 1 aliphatic rings. The van der Waals surface area contributed by atoms with E-state index in [2.05, 4.69) is 9.97 Å². The highest BCUT2D eigenvalue weighted by molar-refractivity contribution is 6.30. The van der Waals surface area contributed by atoms with Crippen LogP contribution < -0.4 is 11.4 Å². The molecule has 1 fully saturated rings. The van der Waals surface area contributed by atoms with Crippen LogP contribution in [-0.4, -0.2) is 68.5 Å². The number of halogens is 2. The molecule has 11 heteroatoms. The van der Waals surface area contributed by atoms with Gasteiger partial charge in [-0.25, -0.2) is 19.2 Å². The lowest BCUT2D eigenvalue weighted by Gasteiger charge is -2.15. The second-order valence-corrected chi connectivity index (χ2v) is 8.34. The van der Waals surface area contributed by atoms with Crippen LogP contribution in [0.25, 0.3) is 16.9 Å². The molecule has 1 aromatic carbocycles. The lowest BCUT2D eigenvalue weighted by Crippen LogP contribution is -2.31. The first kappa shape index (κ1) is 22.0. The van der Waals surface area contributed by atoms with E-state index in [9.17, 15) is 14.0 Å². The second kappa shape index (κ2) is 8.71. The molecule has 4 rings (SSSR count). The molecule has 0 saturated carbocycles. The summed E-state index contributed by atoms with van der Waals surface area (Å²) in [5, 5.41) is 0.208. The van der Waals surface area contributed by atoms with Crippen LogP contribution in [0.2, 0.25) is 5.02 Å². The van der Waals surface area contributed by atoms with Crippen molar-refractivity contribution in [3.63, 3.8) is 0 Å². The normalized spacial score (nSPS) is 16.7. The average Bonchev–Trinajstić information content (AvgIpc) is 3.31. The van der Waals surface area contributed by atoms with E-state index in [1.54, 1.807) is 11.0 Å². The van der Waals surface area contributed by atoms with Crippen molar-refractivity contribution in [3.05, 3.63) is 58.0 Å². The summed E-state index contributed by atoms with van der Waals surface area (Å²) >= 11 is 5.87. The Morgan fingerprint density at radius 2 is 2.16 bits per heavy atom. The summed E-state index contributed by atoms with van der Waals surface area (Å²) in [5.74, 6) is -0.738. The van der Waals surface area contributed by atoms with Crippen LogP contribution in [0, 0.1) is 5.82 Å². The predicted octanol–water partition coefficient (Wildman–Crippen LogP) is 1.85. The molecule has 1 aliphatic heterocycles. The lowest BCUT2D eigenvalue weighted by molar-refractivity contribution is -0.125. The van der Waals surface area contributed by atoms with E-state index in [-0.39, 0.29) is 34.0 Å². The van der Waals surface area contributed by atoms with E-state index in [1.807, 2.05) is 19.0 Å². The van der Waals surface area contributed by atoms with Gasteiger partial charge in [0.25, 0.3) is 0 Å². The minimum Gasteiger partial charge on any atom is -0.382 e. The van der Waals surface area contributed by atoms with Crippen molar-refractivity contribution in [2.45, 2.75) is 12.5 Å². The van der Waals surface area contributed by atoms with E-state index in [4.69, 9.17) is 17.3 Å². The number of imidazole rings is 1. The van der Waals surface area contributed by atoms with Gasteiger partial charge in [0.1, 0.15) is 17.7 Å². The van der Waals surface area contributed by atoms with Crippen molar-refractivity contribution in [2.75, 3.05) is 39.5 Å². The minimum absolute atomic E-state index is 0.00204. The van der Waals surface area contributed by atoms with Gasteiger partial charge in [-0.2, -0.15) is 0 Å². The van der Waals surface area contributed by atoms with Crippen LogP contribution in [0.5, 0.6) is 0 Å². The summed E-state index contributed by atoms with van der Waals surface area (Å²) in [6, 6.07) is 3.70. The van der Waals surface area contributed by atoms with Gasteiger partial charge in [-0.15, -0.1) is 0 Å². The van der Waals surface area contributed by atoms with Gasteiger partial charge in [0.05, 0.1) is 11.7 Å². The van der Waals surface area contributed by atoms with Gasteiger partial charge in [-0.3, -0.25) is 13.9 Å². The molecule has 0 spiro atoms. The van der Waals surface area contributed by atoms with Crippen LogP contribution in [0.3, 0.4) is 0 Å². The van der Waals surface area contributed by atoms with Crippen molar-refractivity contribution in [1.29, 1.82) is 0 Å². The van der Waals surface area contributed by atoms with Crippen LogP contribution in [0.4, 0.5) is 10.2 Å². The molecule has 0 radical (unpaired) electrons. The van der Waals surface area contributed by atoms with E-state index >= 15 is 0 Å². The Balaban J connectivity index is 1.74. The monoisotopic (exact) mass is 459 g/mol. The summed E-state index contributed by atoms with van der Waals surface area (Å²) in [6.07, 6.45) is 5.15. The number of amides is 1. The summed E-state index contributed by atoms with van der Waals surface area (Å²) < 4.78 is 17.3. The van der Waals surface area contributed by atoms with E-state index in [0.717, 1.165) is 10.6 Å². The Kier molecular flexibility index (Phi) is 5.98. The number of anilines is 1. The van der Waals surface area contributed by atoms with E-state index < -0.39 is 11.5 Å². The molecule has 32 heavy (non-hydrogen) atoms. The Morgan fingerprint density at radius 1 is 1.38 bits per heavy atom. The van der Waals surface area contributed by atoms with Crippen LogP contribution in [0.15, 0.2) is 41.5 Å². The van der Waals surface area contributed by atoms with Crippen LogP contribution in [-0.2, 0) is 4.79 Å². The minimum atomic E-state index is -0.670. The molecule has 168 valence electrons. The largest absolute Gasteiger partial charge is 0.382 e. The number of carbonyl (C=O) groups excluding carboxylic acids is 1. The third-order valence-electron chi connectivity index (χ3n) is 5.40. The topological polar surface area (TPSA) is 102 Å². The average molecular weight is 460 g/mol. The van der Waals surface area contributed by atoms with Crippen molar-refractivity contribution in [1.82, 2.24) is 28.9 Å². The number of aromatic nitrogens is 4. The van der Waals surface area contributed by atoms with Crippen molar-refractivity contribution in [2.24, 2.45) is 0 Å². The smallest absolute Gasteiger partial charge is 0.335 e. The Labute approximate surface area is 188 Å². The maximum absolute atomic E-state index is 14.7. The fraction of sp³-hybridized carbons (Fsp3) is 0.333. The zero-order chi connectivity index (χ0) is 23.0. The Morgan fingerprint density at radius 3 is 2.88 bits per heavy atom. The number of benzene rings is 1. The molecule has 0 bridgehead atoms. The zero-order valence-electron chi connectivity index (χ0n) is 17.7. The quantitative estimate of drug-likeness (QED) is 0.584. The molecule has 1 atom stereocenters.